The van der Waals surface area contributed by atoms with Crippen molar-refractivity contribution in [3.05, 3.63) is 0 Å². The number of rotatable bonds is 2. The lowest BCUT2D eigenvalue weighted by Gasteiger charge is -2.26. The van der Waals surface area contributed by atoms with E-state index in [1.165, 1.54) is 7.05 Å². The van der Waals surface area contributed by atoms with Crippen LogP contribution in [0.1, 0.15) is 0 Å². The Morgan fingerprint density at radius 2 is 2.17 bits per heavy atom. The Morgan fingerprint density at radius 3 is 2.67 bits per heavy atom. The Bertz CT molecular complexity index is 164. The molecule has 1 amide bonds. The van der Waals surface area contributed by atoms with Crippen LogP contribution in [0.5, 0.6) is 0 Å². The van der Waals surface area contributed by atoms with Gasteiger partial charge in [-0.3, -0.25) is 0 Å². The quantitative estimate of drug-likeness (QED) is 0.392. The molecular weight excluding hydrogens is 199 g/mol. The summed E-state index contributed by atoms with van der Waals surface area (Å²) < 4.78 is 15.1. The van der Waals surface area contributed by atoms with Crippen molar-refractivity contribution in [1.29, 1.82) is 0 Å². The van der Waals surface area contributed by atoms with Crippen LogP contribution in [-0.4, -0.2) is 46.4 Å². The number of halogens is 1. The lowest BCUT2D eigenvalue weighted by Crippen LogP contribution is -2.31. The molecule has 0 radical (unpaired) electrons. The number of hydrogen-bond acceptors (Lipinski definition) is 4. The molecular formula is C6H11FN2OS2. The third-order valence-corrected chi connectivity index (χ3v) is 3.38. The summed E-state index contributed by atoms with van der Waals surface area (Å²) in [6.07, 6.45) is -1.39. The van der Waals surface area contributed by atoms with Gasteiger partial charge in [-0.1, -0.05) is 0 Å². The van der Waals surface area contributed by atoms with Crippen molar-refractivity contribution in [2.24, 2.45) is 0 Å². The number of hydrogen-bond donors (Lipinski definition) is 0. The molecule has 6 heteroatoms. The molecule has 70 valence electrons. The van der Waals surface area contributed by atoms with Crippen molar-refractivity contribution in [1.82, 2.24) is 8.61 Å². The smallest absolute Gasteiger partial charge is 0.248 e. The average Bonchev–Trinajstić information content (AvgIpc) is 2.06. The van der Waals surface area contributed by atoms with Gasteiger partial charge in [0, 0.05) is 43.8 Å². The van der Waals surface area contributed by atoms with Gasteiger partial charge in [-0.2, -0.15) is 11.8 Å². The van der Waals surface area contributed by atoms with Gasteiger partial charge in [-0.05, 0) is 0 Å². The van der Waals surface area contributed by atoms with Crippen molar-refractivity contribution in [2.75, 3.05) is 31.6 Å². The van der Waals surface area contributed by atoms with Crippen LogP contribution in [0.15, 0.2) is 0 Å². The fraction of sp³-hybridized carbons (Fsp3) is 0.833. The molecule has 0 aromatic heterocycles. The van der Waals surface area contributed by atoms with E-state index < -0.39 is 6.16 Å². The van der Waals surface area contributed by atoms with Crippen LogP contribution in [0.4, 0.5) is 9.18 Å². The number of amides is 1. The topological polar surface area (TPSA) is 23.6 Å². The second-order valence-electron chi connectivity index (χ2n) is 2.37. The van der Waals surface area contributed by atoms with E-state index in [9.17, 15) is 9.18 Å². The van der Waals surface area contributed by atoms with Crippen molar-refractivity contribution in [2.45, 2.75) is 0 Å². The van der Waals surface area contributed by atoms with Crippen LogP contribution < -0.4 is 0 Å². The first-order valence-corrected chi connectivity index (χ1v) is 5.52. The number of nitrogens with zero attached hydrogens (tertiary/aromatic N) is 2. The molecule has 0 aromatic rings. The van der Waals surface area contributed by atoms with Crippen LogP contribution in [0.25, 0.3) is 0 Å². The largest absolute Gasteiger partial charge is 0.410 e. The maximum atomic E-state index is 12.1. The number of carbonyl (C=O) groups excluding carboxylic acids is 1. The second kappa shape index (κ2) is 4.94. The Kier molecular flexibility index (Phi) is 4.17. The third kappa shape index (κ3) is 3.20. The molecule has 0 atom stereocenters. The highest BCUT2D eigenvalue weighted by molar-refractivity contribution is 7.99. The molecule has 0 unspecified atom stereocenters. The normalized spacial score (nSPS) is 19.2. The molecule has 12 heavy (non-hydrogen) atoms. The zero-order valence-electron chi connectivity index (χ0n) is 6.83. The monoisotopic (exact) mass is 210 g/mol. The molecule has 0 bridgehead atoms. The molecule has 3 nitrogen and oxygen atoms in total. The SMILES string of the molecule is CN(SN1CCSCC1)C(=O)F. The highest BCUT2D eigenvalue weighted by Gasteiger charge is 2.16. The standard InChI is InChI=1S/C6H11FN2OS2/c1-8(6(7)10)12-9-2-4-11-5-3-9/h2-5H2,1H3. The van der Waals surface area contributed by atoms with E-state index in [2.05, 4.69) is 0 Å². The summed E-state index contributed by atoms with van der Waals surface area (Å²) >= 11 is 3.04. The predicted molar refractivity (Wildman–Crippen MR) is 50.8 cm³/mol. The lowest BCUT2D eigenvalue weighted by atomic mass is 10.6. The molecule has 1 heterocycles. The Labute approximate surface area is 79.9 Å². The van der Waals surface area contributed by atoms with Gasteiger partial charge < -0.3 is 0 Å². The van der Waals surface area contributed by atoms with Crippen LogP contribution in [0, 0.1) is 0 Å². The molecule has 1 saturated heterocycles. The summed E-state index contributed by atoms with van der Waals surface area (Å²) in [6, 6.07) is 0. The molecule has 0 spiro atoms. The molecule has 1 aliphatic rings. The first-order chi connectivity index (χ1) is 5.70. The highest BCUT2D eigenvalue weighted by atomic mass is 32.2. The van der Waals surface area contributed by atoms with Crippen LogP contribution in [-0.2, 0) is 0 Å². The van der Waals surface area contributed by atoms with Crippen molar-refractivity contribution >= 4 is 30.1 Å². The summed E-state index contributed by atoms with van der Waals surface area (Å²) in [5, 5.41) is 0. The van der Waals surface area contributed by atoms with Crippen molar-refractivity contribution in [3.63, 3.8) is 0 Å². The summed E-state index contributed by atoms with van der Waals surface area (Å²) in [5.74, 6) is 2.11. The van der Waals surface area contributed by atoms with E-state index in [1.54, 1.807) is 0 Å². The molecule has 1 aliphatic heterocycles. The van der Waals surface area contributed by atoms with E-state index in [1.807, 2.05) is 16.1 Å². The maximum absolute atomic E-state index is 12.1. The van der Waals surface area contributed by atoms with Crippen LogP contribution in [0.2, 0.25) is 0 Å². The minimum atomic E-state index is -1.39. The highest BCUT2D eigenvalue weighted by Crippen LogP contribution is 2.20. The molecule has 0 saturated carbocycles. The Balaban J connectivity index is 2.24. The van der Waals surface area contributed by atoms with E-state index in [-0.39, 0.29) is 0 Å². The number of carbonyl (C=O) groups is 1. The first kappa shape index (κ1) is 10.1. The molecule has 1 rings (SSSR count). The molecule has 0 aromatic carbocycles. The van der Waals surface area contributed by atoms with E-state index in [0.29, 0.717) is 0 Å². The van der Waals surface area contributed by atoms with Gasteiger partial charge >= 0.3 is 6.16 Å². The second-order valence-corrected chi connectivity index (χ2v) is 4.83. The zero-order chi connectivity index (χ0) is 8.97. The first-order valence-electron chi connectivity index (χ1n) is 3.64. The van der Waals surface area contributed by atoms with Crippen LogP contribution >= 0.6 is 23.9 Å². The van der Waals surface area contributed by atoms with Gasteiger partial charge in [0.05, 0.1) is 0 Å². The van der Waals surface area contributed by atoms with Crippen molar-refractivity contribution in [3.8, 4) is 0 Å². The molecule has 0 N–H and O–H groups in total. The van der Waals surface area contributed by atoms with Gasteiger partial charge in [0.25, 0.3) is 0 Å². The zero-order valence-corrected chi connectivity index (χ0v) is 8.46. The third-order valence-electron chi connectivity index (χ3n) is 1.46. The summed E-state index contributed by atoms with van der Waals surface area (Å²) in [7, 11) is 1.44. The van der Waals surface area contributed by atoms with Gasteiger partial charge in [-0.25, -0.2) is 13.4 Å². The van der Waals surface area contributed by atoms with E-state index in [0.717, 1.165) is 41.0 Å². The van der Waals surface area contributed by atoms with Gasteiger partial charge in [0.2, 0.25) is 0 Å². The fourth-order valence-electron chi connectivity index (χ4n) is 0.834. The molecule has 0 aliphatic carbocycles. The summed E-state index contributed by atoms with van der Waals surface area (Å²) in [5.41, 5.74) is 0. The summed E-state index contributed by atoms with van der Waals surface area (Å²) in [6.45, 7) is 1.82. The Morgan fingerprint density at radius 1 is 1.58 bits per heavy atom. The predicted octanol–water partition coefficient (Wildman–Crippen LogP) is 1.62. The number of thioether (sulfide) groups is 1. The van der Waals surface area contributed by atoms with E-state index in [4.69, 9.17) is 0 Å². The average molecular weight is 210 g/mol. The van der Waals surface area contributed by atoms with E-state index >= 15 is 0 Å². The van der Waals surface area contributed by atoms with Crippen LogP contribution in [0.3, 0.4) is 0 Å². The summed E-state index contributed by atoms with van der Waals surface area (Å²) in [4.78, 5) is 10.2. The van der Waals surface area contributed by atoms with Gasteiger partial charge in [-0.15, -0.1) is 4.39 Å². The minimum Gasteiger partial charge on any atom is -0.248 e. The van der Waals surface area contributed by atoms with Gasteiger partial charge in [0.1, 0.15) is 0 Å². The lowest BCUT2D eigenvalue weighted by molar-refractivity contribution is 0.208. The van der Waals surface area contributed by atoms with Gasteiger partial charge in [0.15, 0.2) is 0 Å². The van der Waals surface area contributed by atoms with Crippen molar-refractivity contribution < 1.29 is 9.18 Å². The molecule has 1 fully saturated rings. The minimum absolute atomic E-state index is 0.910. The fourth-order valence-corrected chi connectivity index (χ4v) is 2.72. The maximum Gasteiger partial charge on any atom is 0.410 e. The Hall–Kier alpha value is 0.0600.